The van der Waals surface area contributed by atoms with Crippen LogP contribution in [0.3, 0.4) is 0 Å². The van der Waals surface area contributed by atoms with E-state index in [1.165, 1.54) is 17.9 Å². The summed E-state index contributed by atoms with van der Waals surface area (Å²) in [6, 6.07) is 11.7. The summed E-state index contributed by atoms with van der Waals surface area (Å²) in [5.74, 6) is -0.281. The molecule has 7 nitrogen and oxygen atoms in total. The summed E-state index contributed by atoms with van der Waals surface area (Å²) in [5.41, 5.74) is -1.94. The van der Waals surface area contributed by atoms with E-state index in [0.29, 0.717) is 16.7 Å². The molecule has 0 unspecified atom stereocenters. The van der Waals surface area contributed by atoms with Crippen LogP contribution >= 0.6 is 15.9 Å². The molecule has 3 aromatic rings. The molecule has 0 spiro atoms. The molecule has 0 amide bonds. The minimum absolute atomic E-state index is 0.0769. The third-order valence-corrected chi connectivity index (χ3v) is 5.32. The molecule has 0 aliphatic heterocycles. The Hall–Kier alpha value is -2.84. The van der Waals surface area contributed by atoms with Crippen molar-refractivity contribution in [2.45, 2.75) is 38.9 Å². The Kier molecular flexibility index (Phi) is 6.67. The van der Waals surface area contributed by atoms with Crippen LogP contribution < -0.4 is 4.74 Å². The highest BCUT2D eigenvalue weighted by atomic mass is 79.9. The molecular formula is C24H26BrNO6. The maximum Gasteiger partial charge on any atom is 0.419 e. The first-order valence-corrected chi connectivity index (χ1v) is 10.9. The average Bonchev–Trinajstić information content (AvgIpc) is 3.11. The molecule has 3 rings (SSSR count). The first-order valence-electron chi connectivity index (χ1n) is 10.1. The van der Waals surface area contributed by atoms with Crippen LogP contribution in [0.5, 0.6) is 5.75 Å². The van der Waals surface area contributed by atoms with Crippen molar-refractivity contribution in [1.29, 1.82) is 0 Å². The van der Waals surface area contributed by atoms with Crippen LogP contribution in [0.4, 0.5) is 4.79 Å². The zero-order chi connectivity index (χ0) is 23.7. The van der Waals surface area contributed by atoms with Gasteiger partial charge in [0, 0.05) is 21.6 Å². The van der Waals surface area contributed by atoms with Crippen LogP contribution in [0.25, 0.3) is 10.9 Å². The molecule has 1 atom stereocenters. The molecule has 0 aliphatic rings. The smallest absolute Gasteiger partial charge is 0.419 e. The highest BCUT2D eigenvalue weighted by molar-refractivity contribution is 9.10. The predicted octanol–water partition coefficient (Wildman–Crippen LogP) is 4.99. The van der Waals surface area contributed by atoms with Gasteiger partial charge in [-0.05, 0) is 57.5 Å². The maximum absolute atomic E-state index is 13.1. The first-order chi connectivity index (χ1) is 15.0. The van der Waals surface area contributed by atoms with Crippen LogP contribution in [-0.2, 0) is 19.9 Å². The lowest BCUT2D eigenvalue weighted by atomic mass is 9.86. The molecule has 1 aromatic heterocycles. The Balaban J connectivity index is 2.29. The van der Waals surface area contributed by atoms with Gasteiger partial charge in [-0.25, -0.2) is 9.59 Å². The van der Waals surface area contributed by atoms with Gasteiger partial charge in [-0.15, -0.1) is 0 Å². The van der Waals surface area contributed by atoms with Gasteiger partial charge >= 0.3 is 12.1 Å². The number of carbonyl (C=O) groups excluding carboxylic acids is 2. The zero-order valence-corrected chi connectivity index (χ0v) is 20.2. The fourth-order valence-corrected chi connectivity index (χ4v) is 3.75. The third-order valence-electron chi connectivity index (χ3n) is 4.83. The van der Waals surface area contributed by atoms with Crippen molar-refractivity contribution >= 4 is 38.9 Å². The van der Waals surface area contributed by atoms with E-state index in [1.807, 2.05) is 0 Å². The van der Waals surface area contributed by atoms with Gasteiger partial charge in [0.25, 0.3) is 0 Å². The molecule has 0 saturated heterocycles. The van der Waals surface area contributed by atoms with Crippen molar-refractivity contribution < 1.29 is 28.9 Å². The van der Waals surface area contributed by atoms with Gasteiger partial charge in [-0.1, -0.05) is 34.1 Å². The normalized spacial score (nSPS) is 13.5. The van der Waals surface area contributed by atoms with Gasteiger partial charge < -0.3 is 19.3 Å². The fraction of sp³-hybridized carbons (Fsp3) is 0.333. The second kappa shape index (κ2) is 8.96. The van der Waals surface area contributed by atoms with E-state index in [-0.39, 0.29) is 17.7 Å². The number of carbonyl (C=O) groups is 2. The molecule has 8 heteroatoms. The number of methoxy groups -OCH3 is 1. The van der Waals surface area contributed by atoms with E-state index >= 15 is 0 Å². The predicted molar refractivity (Wildman–Crippen MR) is 124 cm³/mol. The van der Waals surface area contributed by atoms with Crippen molar-refractivity contribution in [1.82, 2.24) is 4.57 Å². The molecule has 0 saturated carbocycles. The van der Waals surface area contributed by atoms with E-state index in [0.717, 1.165) is 4.47 Å². The number of ether oxygens (including phenoxy) is 3. The van der Waals surface area contributed by atoms with E-state index in [4.69, 9.17) is 14.2 Å². The number of hydrogen-bond donors (Lipinski definition) is 1. The van der Waals surface area contributed by atoms with Crippen molar-refractivity contribution in [3.05, 3.63) is 64.3 Å². The monoisotopic (exact) mass is 503 g/mol. The molecule has 0 radical (unpaired) electrons. The molecule has 1 N–H and O–H groups in total. The lowest BCUT2D eigenvalue weighted by Gasteiger charge is -2.26. The number of esters is 1. The fourth-order valence-electron chi connectivity index (χ4n) is 3.40. The first kappa shape index (κ1) is 23.8. The van der Waals surface area contributed by atoms with Gasteiger partial charge in [-0.2, -0.15) is 0 Å². The van der Waals surface area contributed by atoms with Crippen molar-refractivity contribution in [3.8, 4) is 5.75 Å². The van der Waals surface area contributed by atoms with Gasteiger partial charge in [0.15, 0.2) is 0 Å². The van der Waals surface area contributed by atoms with Crippen LogP contribution in [0.1, 0.15) is 38.8 Å². The Labute approximate surface area is 195 Å². The van der Waals surface area contributed by atoms with Crippen molar-refractivity contribution in [3.63, 3.8) is 0 Å². The summed E-state index contributed by atoms with van der Waals surface area (Å²) >= 11 is 3.42. The molecule has 0 bridgehead atoms. The number of aromatic nitrogens is 1. The number of halogens is 1. The minimum atomic E-state index is -2.17. The van der Waals surface area contributed by atoms with Crippen LogP contribution in [0.2, 0.25) is 0 Å². The summed E-state index contributed by atoms with van der Waals surface area (Å²) in [5, 5.41) is 12.3. The van der Waals surface area contributed by atoms with Gasteiger partial charge in [-0.3, -0.25) is 4.57 Å². The van der Waals surface area contributed by atoms with Crippen LogP contribution in [-0.4, -0.2) is 41.1 Å². The van der Waals surface area contributed by atoms with Crippen molar-refractivity contribution in [2.24, 2.45) is 0 Å². The van der Waals surface area contributed by atoms with Crippen molar-refractivity contribution in [2.75, 3.05) is 13.7 Å². The van der Waals surface area contributed by atoms with E-state index in [2.05, 4.69) is 15.9 Å². The number of rotatable bonds is 5. The molecule has 0 aliphatic carbocycles. The third kappa shape index (κ3) is 4.52. The summed E-state index contributed by atoms with van der Waals surface area (Å²) in [4.78, 5) is 26.1. The Morgan fingerprint density at radius 1 is 1.09 bits per heavy atom. The lowest BCUT2D eigenvalue weighted by Crippen LogP contribution is -2.38. The number of aliphatic hydroxyl groups is 1. The summed E-state index contributed by atoms with van der Waals surface area (Å²) in [6.07, 6.45) is 0.791. The SMILES string of the molecule is CCOC(=O)[C@@](O)(c1ccc(OC)cc1)c1cn(C(=O)OC(C)(C)C)c2cc(Br)ccc12. The molecule has 2 aromatic carbocycles. The number of benzene rings is 2. The topological polar surface area (TPSA) is 87.0 Å². The van der Waals surface area contributed by atoms with E-state index in [9.17, 15) is 14.7 Å². The molecule has 170 valence electrons. The summed E-state index contributed by atoms with van der Waals surface area (Å²) < 4.78 is 18.0. The Morgan fingerprint density at radius 3 is 2.31 bits per heavy atom. The molecule has 1 heterocycles. The molecule has 32 heavy (non-hydrogen) atoms. The Morgan fingerprint density at radius 2 is 1.75 bits per heavy atom. The highest BCUT2D eigenvalue weighted by Crippen LogP contribution is 2.38. The van der Waals surface area contributed by atoms with Crippen LogP contribution in [0, 0.1) is 0 Å². The largest absolute Gasteiger partial charge is 0.497 e. The maximum atomic E-state index is 13.1. The molecular weight excluding hydrogens is 478 g/mol. The number of hydrogen-bond acceptors (Lipinski definition) is 6. The zero-order valence-electron chi connectivity index (χ0n) is 18.6. The van der Waals surface area contributed by atoms with E-state index < -0.39 is 23.3 Å². The highest BCUT2D eigenvalue weighted by Gasteiger charge is 2.44. The second-order valence-corrected chi connectivity index (χ2v) is 9.13. The van der Waals surface area contributed by atoms with Crippen LogP contribution in [0.15, 0.2) is 53.1 Å². The number of fused-ring (bicyclic) bond motifs is 1. The summed E-state index contributed by atoms with van der Waals surface area (Å²) in [6.45, 7) is 7.03. The van der Waals surface area contributed by atoms with E-state index in [1.54, 1.807) is 70.2 Å². The average molecular weight is 504 g/mol. The van der Waals surface area contributed by atoms with Gasteiger partial charge in [0.2, 0.25) is 5.60 Å². The quantitative estimate of drug-likeness (QED) is 0.493. The van der Waals surface area contributed by atoms with Gasteiger partial charge in [0.05, 0.1) is 19.2 Å². The molecule has 0 fully saturated rings. The minimum Gasteiger partial charge on any atom is -0.497 e. The lowest BCUT2D eigenvalue weighted by molar-refractivity contribution is -0.161. The Bertz CT molecular complexity index is 1150. The second-order valence-electron chi connectivity index (χ2n) is 8.21. The van der Waals surface area contributed by atoms with Gasteiger partial charge in [0.1, 0.15) is 11.4 Å². The standard InChI is InChI=1S/C24H26BrNO6/c1-6-31-21(27)24(29,15-7-10-17(30-5)11-8-15)19-14-26(22(28)32-23(2,3)4)20-13-16(25)9-12-18(19)20/h7-14,29H,6H2,1-5H3/t24-/m1/s1. The summed E-state index contributed by atoms with van der Waals surface area (Å²) in [7, 11) is 1.53. The number of nitrogens with zero attached hydrogens (tertiary/aromatic N) is 1.